The number of carbonyl (C=O) groups excluding carboxylic acids is 1. The molecule has 1 saturated carbocycles. The average Bonchev–Trinajstić information content (AvgIpc) is 2.33. The minimum absolute atomic E-state index is 0.0147. The van der Waals surface area contributed by atoms with Gasteiger partial charge in [-0.05, 0) is 31.1 Å². The molecule has 0 spiro atoms. The Hall–Kier alpha value is -1.30. The maximum Gasteiger partial charge on any atom is 0.326 e. The zero-order valence-electron chi connectivity index (χ0n) is 11.6. The van der Waals surface area contributed by atoms with Gasteiger partial charge in [-0.15, -0.1) is 0 Å². The summed E-state index contributed by atoms with van der Waals surface area (Å²) in [4.78, 5) is 22.6. The first-order valence-corrected chi connectivity index (χ1v) is 6.84. The Morgan fingerprint density at radius 1 is 1.26 bits per heavy atom. The summed E-state index contributed by atoms with van der Waals surface area (Å²) >= 11 is 0. The summed E-state index contributed by atoms with van der Waals surface area (Å²) in [6.07, 6.45) is 2.94. The van der Waals surface area contributed by atoms with Gasteiger partial charge in [-0.2, -0.15) is 0 Å². The molecule has 3 unspecified atom stereocenters. The number of carboxylic acid groups (broad SMARTS) is 1. The zero-order valence-corrected chi connectivity index (χ0v) is 11.6. The van der Waals surface area contributed by atoms with Crippen LogP contribution in [0.15, 0.2) is 0 Å². The number of hydrogen-bond donors (Lipinski definition) is 4. The normalized spacial score (nSPS) is 28.5. The van der Waals surface area contributed by atoms with E-state index in [1.165, 1.54) is 0 Å². The van der Waals surface area contributed by atoms with Crippen molar-refractivity contribution in [2.24, 2.45) is 11.8 Å². The number of amides is 2. The molecule has 19 heavy (non-hydrogen) atoms. The van der Waals surface area contributed by atoms with Gasteiger partial charge in [0.1, 0.15) is 6.04 Å². The van der Waals surface area contributed by atoms with Crippen LogP contribution in [0.5, 0.6) is 0 Å². The number of carbonyl (C=O) groups is 2. The summed E-state index contributed by atoms with van der Waals surface area (Å²) in [5, 5.41) is 22.8. The van der Waals surface area contributed by atoms with E-state index >= 15 is 0 Å². The highest BCUT2D eigenvalue weighted by Gasteiger charge is 2.26. The molecule has 0 aromatic carbocycles. The smallest absolute Gasteiger partial charge is 0.326 e. The molecule has 4 atom stereocenters. The van der Waals surface area contributed by atoms with Crippen LogP contribution in [0.4, 0.5) is 4.79 Å². The second-order valence-electron chi connectivity index (χ2n) is 5.49. The molecule has 0 heterocycles. The van der Waals surface area contributed by atoms with Crippen molar-refractivity contribution in [3.63, 3.8) is 0 Å². The van der Waals surface area contributed by atoms with Crippen LogP contribution in [-0.2, 0) is 4.79 Å². The molecule has 0 saturated heterocycles. The summed E-state index contributed by atoms with van der Waals surface area (Å²) < 4.78 is 0. The third-order valence-electron chi connectivity index (χ3n) is 3.95. The van der Waals surface area contributed by atoms with Gasteiger partial charge in [0, 0.05) is 19.1 Å². The predicted molar refractivity (Wildman–Crippen MR) is 70.8 cm³/mol. The Bertz CT molecular complexity index is 322. The molecule has 1 fully saturated rings. The molecular formula is C13H24N2O4. The van der Waals surface area contributed by atoms with Gasteiger partial charge in [-0.25, -0.2) is 9.59 Å². The molecule has 6 heteroatoms. The first-order chi connectivity index (χ1) is 8.93. The van der Waals surface area contributed by atoms with Gasteiger partial charge in [-0.3, -0.25) is 0 Å². The molecular weight excluding hydrogens is 248 g/mol. The van der Waals surface area contributed by atoms with Gasteiger partial charge < -0.3 is 20.8 Å². The monoisotopic (exact) mass is 272 g/mol. The van der Waals surface area contributed by atoms with Gasteiger partial charge >= 0.3 is 12.0 Å². The molecule has 0 aliphatic heterocycles. The van der Waals surface area contributed by atoms with Crippen LogP contribution in [0.1, 0.15) is 39.5 Å². The lowest BCUT2D eigenvalue weighted by Crippen LogP contribution is -2.50. The summed E-state index contributed by atoms with van der Waals surface area (Å²) in [6.45, 7) is 4.11. The van der Waals surface area contributed by atoms with Gasteiger partial charge in [0.05, 0.1) is 0 Å². The number of aliphatic carboxylic acids is 1. The SMILES string of the molecule is CC1CCC(NC(=O)N[C@H](CCO)C(=O)O)CC1C. The third-order valence-corrected chi connectivity index (χ3v) is 3.95. The lowest BCUT2D eigenvalue weighted by molar-refractivity contribution is -0.139. The Morgan fingerprint density at radius 3 is 2.47 bits per heavy atom. The Morgan fingerprint density at radius 2 is 1.95 bits per heavy atom. The van der Waals surface area contributed by atoms with Crippen LogP contribution in [0.2, 0.25) is 0 Å². The van der Waals surface area contributed by atoms with Crippen molar-refractivity contribution in [3.05, 3.63) is 0 Å². The molecule has 110 valence electrons. The summed E-state index contributed by atoms with van der Waals surface area (Å²) in [5.74, 6) is 0.101. The molecule has 4 N–H and O–H groups in total. The van der Waals surface area contributed by atoms with E-state index in [9.17, 15) is 9.59 Å². The number of aliphatic hydroxyl groups excluding tert-OH is 1. The lowest BCUT2D eigenvalue weighted by atomic mass is 9.79. The van der Waals surface area contributed by atoms with Crippen molar-refractivity contribution >= 4 is 12.0 Å². The Labute approximate surface area is 113 Å². The number of nitrogens with one attached hydrogen (secondary N) is 2. The van der Waals surface area contributed by atoms with E-state index < -0.39 is 18.0 Å². The first kappa shape index (κ1) is 15.8. The Balaban J connectivity index is 2.40. The lowest BCUT2D eigenvalue weighted by Gasteiger charge is -2.32. The van der Waals surface area contributed by atoms with Crippen molar-refractivity contribution in [1.82, 2.24) is 10.6 Å². The topological polar surface area (TPSA) is 98.7 Å². The van der Waals surface area contributed by atoms with Crippen molar-refractivity contribution in [3.8, 4) is 0 Å². The second-order valence-corrected chi connectivity index (χ2v) is 5.49. The highest BCUT2D eigenvalue weighted by atomic mass is 16.4. The molecule has 0 aromatic heterocycles. The summed E-state index contributed by atoms with van der Waals surface area (Å²) in [5.41, 5.74) is 0. The summed E-state index contributed by atoms with van der Waals surface area (Å²) in [7, 11) is 0. The summed E-state index contributed by atoms with van der Waals surface area (Å²) in [6, 6.07) is -1.40. The highest BCUT2D eigenvalue weighted by Crippen LogP contribution is 2.29. The zero-order chi connectivity index (χ0) is 14.4. The van der Waals surface area contributed by atoms with Crippen molar-refractivity contribution in [1.29, 1.82) is 0 Å². The quantitative estimate of drug-likeness (QED) is 0.598. The van der Waals surface area contributed by atoms with E-state index in [0.29, 0.717) is 11.8 Å². The van der Waals surface area contributed by atoms with Crippen molar-refractivity contribution in [2.45, 2.75) is 51.6 Å². The van der Waals surface area contributed by atoms with Gasteiger partial charge in [-0.1, -0.05) is 13.8 Å². The van der Waals surface area contributed by atoms with Crippen molar-refractivity contribution in [2.75, 3.05) is 6.61 Å². The van der Waals surface area contributed by atoms with Crippen LogP contribution >= 0.6 is 0 Å². The first-order valence-electron chi connectivity index (χ1n) is 6.84. The molecule has 1 rings (SSSR count). The molecule has 1 aliphatic rings. The number of rotatable bonds is 5. The molecule has 2 amide bonds. The Kier molecular flexibility index (Phi) is 6.08. The molecule has 0 radical (unpaired) electrons. The minimum Gasteiger partial charge on any atom is -0.480 e. The van der Waals surface area contributed by atoms with E-state index in [1.54, 1.807) is 0 Å². The van der Waals surface area contributed by atoms with Crippen LogP contribution < -0.4 is 10.6 Å². The second kappa shape index (κ2) is 7.33. The van der Waals surface area contributed by atoms with Crippen LogP contribution in [0.25, 0.3) is 0 Å². The maximum atomic E-state index is 11.7. The van der Waals surface area contributed by atoms with E-state index in [4.69, 9.17) is 10.2 Å². The number of aliphatic hydroxyl groups is 1. The maximum absolute atomic E-state index is 11.7. The van der Waals surface area contributed by atoms with E-state index in [2.05, 4.69) is 24.5 Å². The fraction of sp³-hybridized carbons (Fsp3) is 0.846. The van der Waals surface area contributed by atoms with E-state index in [1.807, 2.05) is 0 Å². The standard InChI is InChI=1S/C13H24N2O4/c1-8-3-4-10(7-9(8)2)14-13(19)15-11(5-6-16)12(17)18/h8-11,16H,3-7H2,1-2H3,(H,17,18)(H2,14,15,19)/t8?,9?,10?,11-/m1/s1. The number of urea groups is 1. The number of carboxylic acids is 1. The van der Waals surface area contributed by atoms with Gasteiger partial charge in [0.15, 0.2) is 0 Å². The molecule has 1 aliphatic carbocycles. The minimum atomic E-state index is -1.13. The van der Waals surface area contributed by atoms with E-state index in [0.717, 1.165) is 19.3 Å². The van der Waals surface area contributed by atoms with E-state index in [-0.39, 0.29) is 19.1 Å². The fourth-order valence-electron chi connectivity index (χ4n) is 2.45. The highest BCUT2D eigenvalue weighted by molar-refractivity contribution is 5.82. The average molecular weight is 272 g/mol. The molecule has 0 aromatic rings. The fourth-order valence-corrected chi connectivity index (χ4v) is 2.45. The number of hydrogen-bond acceptors (Lipinski definition) is 3. The third kappa shape index (κ3) is 5.06. The molecule has 6 nitrogen and oxygen atoms in total. The van der Waals surface area contributed by atoms with Crippen molar-refractivity contribution < 1.29 is 19.8 Å². The largest absolute Gasteiger partial charge is 0.480 e. The molecule has 0 bridgehead atoms. The van der Waals surface area contributed by atoms with Crippen LogP contribution in [-0.4, -0.2) is 40.9 Å². The van der Waals surface area contributed by atoms with Crippen LogP contribution in [0, 0.1) is 11.8 Å². The van der Waals surface area contributed by atoms with Gasteiger partial charge in [0.25, 0.3) is 0 Å². The predicted octanol–water partition coefficient (Wildman–Crippen LogP) is 0.946. The van der Waals surface area contributed by atoms with Gasteiger partial charge in [0.2, 0.25) is 0 Å². The van der Waals surface area contributed by atoms with Crippen LogP contribution in [0.3, 0.4) is 0 Å².